The molecule has 0 aromatic heterocycles. The van der Waals surface area contributed by atoms with Crippen molar-refractivity contribution >= 4 is 0 Å². The Bertz CT molecular complexity index is 263. The fourth-order valence-corrected chi connectivity index (χ4v) is 3.51. The second-order valence-corrected chi connectivity index (χ2v) is 7.02. The zero-order valence-corrected chi connectivity index (χ0v) is 13.3. The van der Waals surface area contributed by atoms with Crippen LogP contribution in [-0.4, -0.2) is 86.2 Å². The molecule has 0 amide bonds. The average Bonchev–Trinajstić information content (AvgIpc) is 2.40. The van der Waals surface area contributed by atoms with Gasteiger partial charge in [-0.25, -0.2) is 0 Å². The molecule has 0 aliphatic carbocycles. The fraction of sp³-hybridized carbons (Fsp3) is 1.00. The molecule has 0 radical (unpaired) electrons. The smallest absolute Gasteiger partial charge is 0.0281 e. The van der Waals surface area contributed by atoms with E-state index >= 15 is 0 Å². The summed E-state index contributed by atoms with van der Waals surface area (Å²) in [6.07, 6.45) is 2.65. The number of nitrogens with one attached hydrogen (secondary N) is 1. The third-order valence-electron chi connectivity index (χ3n) is 4.87. The molecule has 2 aliphatic heterocycles. The monoisotopic (exact) mass is 268 g/mol. The van der Waals surface area contributed by atoms with Crippen LogP contribution in [0.25, 0.3) is 0 Å². The minimum absolute atomic E-state index is 0.313. The van der Waals surface area contributed by atoms with Crippen molar-refractivity contribution in [2.75, 3.05) is 59.9 Å². The van der Waals surface area contributed by atoms with Gasteiger partial charge in [0, 0.05) is 44.3 Å². The van der Waals surface area contributed by atoms with Gasteiger partial charge in [-0.15, -0.1) is 0 Å². The van der Waals surface area contributed by atoms with E-state index < -0.39 is 0 Å². The molecule has 0 aromatic carbocycles. The molecule has 112 valence electrons. The van der Waals surface area contributed by atoms with Crippen molar-refractivity contribution in [2.24, 2.45) is 0 Å². The van der Waals surface area contributed by atoms with Gasteiger partial charge in [0.1, 0.15) is 0 Å². The van der Waals surface area contributed by atoms with E-state index in [9.17, 15) is 0 Å². The van der Waals surface area contributed by atoms with Crippen LogP contribution in [0.3, 0.4) is 0 Å². The Morgan fingerprint density at radius 1 is 1.05 bits per heavy atom. The van der Waals surface area contributed by atoms with E-state index in [1.807, 2.05) is 0 Å². The van der Waals surface area contributed by atoms with Gasteiger partial charge in [-0.3, -0.25) is 4.90 Å². The topological polar surface area (TPSA) is 21.8 Å². The minimum atomic E-state index is 0.313. The quantitative estimate of drug-likeness (QED) is 0.810. The average molecular weight is 268 g/mol. The first-order valence-electron chi connectivity index (χ1n) is 7.83. The molecule has 1 N–H and O–H groups in total. The van der Waals surface area contributed by atoms with Gasteiger partial charge < -0.3 is 15.1 Å². The van der Waals surface area contributed by atoms with Gasteiger partial charge in [0.25, 0.3) is 0 Å². The van der Waals surface area contributed by atoms with Crippen LogP contribution in [0.2, 0.25) is 0 Å². The lowest BCUT2D eigenvalue weighted by Crippen LogP contribution is -2.58. The maximum absolute atomic E-state index is 3.45. The van der Waals surface area contributed by atoms with Crippen molar-refractivity contribution in [2.45, 2.75) is 38.3 Å². The van der Waals surface area contributed by atoms with E-state index in [0.717, 1.165) is 19.1 Å². The summed E-state index contributed by atoms with van der Waals surface area (Å²) < 4.78 is 0. The molecular formula is C15H32N4. The molecule has 4 heteroatoms. The van der Waals surface area contributed by atoms with E-state index in [0.29, 0.717) is 5.54 Å². The lowest BCUT2D eigenvalue weighted by molar-refractivity contribution is 0.0457. The largest absolute Gasteiger partial charge is 0.314 e. The van der Waals surface area contributed by atoms with Crippen molar-refractivity contribution in [1.82, 2.24) is 20.0 Å². The maximum Gasteiger partial charge on any atom is 0.0281 e. The second kappa shape index (κ2) is 6.53. The Morgan fingerprint density at radius 3 is 2.16 bits per heavy atom. The normalized spacial score (nSPS) is 25.1. The highest BCUT2D eigenvalue weighted by Gasteiger charge is 2.31. The van der Waals surface area contributed by atoms with Gasteiger partial charge >= 0.3 is 0 Å². The first-order valence-corrected chi connectivity index (χ1v) is 7.83. The summed E-state index contributed by atoms with van der Waals surface area (Å²) in [5, 5.41) is 3.45. The van der Waals surface area contributed by atoms with Crippen LogP contribution in [0.5, 0.6) is 0 Å². The molecular weight excluding hydrogens is 236 g/mol. The molecule has 2 fully saturated rings. The third kappa shape index (κ3) is 4.15. The highest BCUT2D eigenvalue weighted by atomic mass is 15.3. The highest BCUT2D eigenvalue weighted by molar-refractivity contribution is 4.89. The van der Waals surface area contributed by atoms with E-state index in [4.69, 9.17) is 0 Å². The molecule has 2 saturated heterocycles. The molecule has 0 spiro atoms. The first kappa shape index (κ1) is 15.2. The number of likely N-dealkylation sites (tertiary alicyclic amines) is 1. The number of piperidine rings is 1. The van der Waals surface area contributed by atoms with Crippen molar-refractivity contribution in [3.63, 3.8) is 0 Å². The van der Waals surface area contributed by atoms with Gasteiger partial charge in [-0.1, -0.05) is 0 Å². The molecule has 0 unspecified atom stereocenters. The first-order chi connectivity index (χ1) is 8.99. The predicted octanol–water partition coefficient (Wildman–Crippen LogP) is 0.696. The highest BCUT2D eigenvalue weighted by Crippen LogP contribution is 2.21. The summed E-state index contributed by atoms with van der Waals surface area (Å²) in [6, 6.07) is 0.790. The van der Waals surface area contributed by atoms with Crippen LogP contribution in [0, 0.1) is 0 Å². The molecule has 4 nitrogen and oxygen atoms in total. The molecule has 0 aromatic rings. The second-order valence-electron chi connectivity index (χ2n) is 7.02. The molecule has 0 bridgehead atoms. The standard InChI is InChI=1S/C15H32N4/c1-15(2,19-11-7-16-8-12-19)13-18-9-5-14(6-10-18)17(3)4/h14,16H,5-13H2,1-4H3. The Balaban J connectivity index is 1.80. The van der Waals surface area contributed by atoms with Crippen LogP contribution < -0.4 is 5.32 Å². The van der Waals surface area contributed by atoms with Gasteiger partial charge in [-0.05, 0) is 53.9 Å². The zero-order valence-electron chi connectivity index (χ0n) is 13.3. The van der Waals surface area contributed by atoms with Crippen molar-refractivity contribution < 1.29 is 0 Å². The van der Waals surface area contributed by atoms with E-state index in [-0.39, 0.29) is 0 Å². The Labute approximate surface area is 119 Å². The van der Waals surface area contributed by atoms with E-state index in [1.165, 1.54) is 45.6 Å². The van der Waals surface area contributed by atoms with Crippen molar-refractivity contribution in [1.29, 1.82) is 0 Å². The molecule has 19 heavy (non-hydrogen) atoms. The summed E-state index contributed by atoms with van der Waals surface area (Å²) in [7, 11) is 4.43. The number of hydrogen-bond acceptors (Lipinski definition) is 4. The van der Waals surface area contributed by atoms with Crippen molar-refractivity contribution in [3.8, 4) is 0 Å². The van der Waals surface area contributed by atoms with E-state index in [2.05, 4.69) is 48.0 Å². The lowest BCUT2D eigenvalue weighted by atomic mass is 9.97. The Hall–Kier alpha value is -0.160. The van der Waals surface area contributed by atoms with Gasteiger partial charge in [0.05, 0.1) is 0 Å². The van der Waals surface area contributed by atoms with Crippen LogP contribution in [0.4, 0.5) is 0 Å². The SMILES string of the molecule is CN(C)C1CCN(CC(C)(C)N2CCNCC2)CC1. The summed E-state index contributed by atoms with van der Waals surface area (Å²) in [5.41, 5.74) is 0.313. The van der Waals surface area contributed by atoms with Crippen LogP contribution in [0.1, 0.15) is 26.7 Å². The summed E-state index contributed by atoms with van der Waals surface area (Å²) >= 11 is 0. The summed E-state index contributed by atoms with van der Waals surface area (Å²) in [6.45, 7) is 13.2. The van der Waals surface area contributed by atoms with Crippen LogP contribution in [-0.2, 0) is 0 Å². The zero-order chi connectivity index (χ0) is 13.9. The minimum Gasteiger partial charge on any atom is -0.314 e. The van der Waals surface area contributed by atoms with Gasteiger partial charge in [0.15, 0.2) is 0 Å². The van der Waals surface area contributed by atoms with Crippen molar-refractivity contribution in [3.05, 3.63) is 0 Å². The van der Waals surface area contributed by atoms with Crippen LogP contribution >= 0.6 is 0 Å². The Morgan fingerprint density at radius 2 is 1.63 bits per heavy atom. The maximum atomic E-state index is 3.45. The number of nitrogens with zero attached hydrogens (tertiary/aromatic N) is 3. The molecule has 0 saturated carbocycles. The fourth-order valence-electron chi connectivity index (χ4n) is 3.51. The predicted molar refractivity (Wildman–Crippen MR) is 81.7 cm³/mol. The van der Waals surface area contributed by atoms with Gasteiger partial charge in [-0.2, -0.15) is 0 Å². The summed E-state index contributed by atoms with van der Waals surface area (Å²) in [4.78, 5) is 7.71. The molecule has 2 heterocycles. The third-order valence-corrected chi connectivity index (χ3v) is 4.87. The molecule has 2 rings (SSSR count). The number of hydrogen-bond donors (Lipinski definition) is 1. The number of piperazine rings is 1. The van der Waals surface area contributed by atoms with Gasteiger partial charge in [0.2, 0.25) is 0 Å². The lowest BCUT2D eigenvalue weighted by Gasteiger charge is -2.45. The summed E-state index contributed by atoms with van der Waals surface area (Å²) in [5.74, 6) is 0. The Kier molecular flexibility index (Phi) is 5.23. The molecule has 0 atom stereocenters. The van der Waals surface area contributed by atoms with Crippen LogP contribution in [0.15, 0.2) is 0 Å². The van der Waals surface area contributed by atoms with E-state index in [1.54, 1.807) is 0 Å². The molecule has 2 aliphatic rings. The number of rotatable bonds is 4.